The molecule has 0 aliphatic rings. The minimum Gasteiger partial charge on any atom is -0.443 e. The molecule has 0 N–H and O–H groups in total. The third kappa shape index (κ3) is 2.56. The minimum absolute atomic E-state index is 0.141. The van der Waals surface area contributed by atoms with Crippen LogP contribution in [0.3, 0.4) is 0 Å². The summed E-state index contributed by atoms with van der Waals surface area (Å²) in [5, 5.41) is 0. The lowest BCUT2D eigenvalue weighted by molar-refractivity contribution is -0.117. The van der Waals surface area contributed by atoms with Gasteiger partial charge in [-0.1, -0.05) is 6.07 Å². The molecule has 5 nitrogen and oxygen atoms in total. The van der Waals surface area contributed by atoms with E-state index in [1.165, 1.54) is 6.39 Å². The number of oxazole rings is 1. The maximum absolute atomic E-state index is 11.0. The van der Waals surface area contributed by atoms with Crippen LogP contribution in [-0.2, 0) is 11.2 Å². The average Bonchev–Trinajstić information content (AvgIpc) is 2.93. The molecular weight excluding hydrogens is 254 g/mol. The number of carbonyl (C=O) groups excluding carboxylic acids is 1. The summed E-state index contributed by atoms with van der Waals surface area (Å²) in [6, 6.07) is 7.59. The molecule has 0 unspecified atom stereocenters. The summed E-state index contributed by atoms with van der Waals surface area (Å²) in [6.07, 6.45) is 4.16. The van der Waals surface area contributed by atoms with Gasteiger partial charge in [0, 0.05) is 24.6 Å². The van der Waals surface area contributed by atoms with Gasteiger partial charge in [-0.3, -0.25) is 0 Å². The fraction of sp³-hybridized carbons (Fsp3) is 0.200. The molecule has 0 spiro atoms. The van der Waals surface area contributed by atoms with Gasteiger partial charge in [-0.05, 0) is 25.1 Å². The Labute approximate surface area is 115 Å². The molecule has 0 amide bonds. The number of hydrogen-bond acceptors (Lipinski definition) is 5. The molecule has 0 saturated carbocycles. The Balaban J connectivity index is 1.92. The van der Waals surface area contributed by atoms with E-state index in [-0.39, 0.29) is 5.78 Å². The van der Waals surface area contributed by atoms with Crippen molar-refractivity contribution in [1.82, 2.24) is 15.0 Å². The molecule has 2 aromatic heterocycles. The van der Waals surface area contributed by atoms with Gasteiger partial charge in [-0.25, -0.2) is 15.0 Å². The van der Waals surface area contributed by atoms with Gasteiger partial charge in [0.05, 0.1) is 5.69 Å². The van der Waals surface area contributed by atoms with Gasteiger partial charge < -0.3 is 9.21 Å². The molecule has 0 aliphatic carbocycles. The summed E-state index contributed by atoms with van der Waals surface area (Å²) in [4.78, 5) is 23.8. The van der Waals surface area contributed by atoms with Crippen LogP contribution in [0.5, 0.6) is 0 Å². The largest absolute Gasteiger partial charge is 0.443 e. The van der Waals surface area contributed by atoms with Crippen molar-refractivity contribution in [2.45, 2.75) is 19.8 Å². The Morgan fingerprint density at radius 2 is 2.15 bits per heavy atom. The van der Waals surface area contributed by atoms with E-state index in [0.717, 1.165) is 22.4 Å². The van der Waals surface area contributed by atoms with Crippen LogP contribution in [0.4, 0.5) is 0 Å². The molecule has 2 heterocycles. The number of fused-ring (bicyclic) bond motifs is 1. The lowest BCUT2D eigenvalue weighted by atomic mass is 10.1. The second-order valence-corrected chi connectivity index (χ2v) is 4.59. The molecule has 3 rings (SSSR count). The van der Waals surface area contributed by atoms with E-state index < -0.39 is 0 Å². The first-order valence-electron chi connectivity index (χ1n) is 6.37. The fourth-order valence-electron chi connectivity index (χ4n) is 1.98. The Morgan fingerprint density at radius 3 is 3.00 bits per heavy atom. The van der Waals surface area contributed by atoms with Crippen molar-refractivity contribution < 1.29 is 9.21 Å². The standard InChI is InChI=1S/C15H13N3O2/c1-10(19)2-5-15-16-7-6-12(18-15)11-3-4-13-14(8-11)20-9-17-13/h3-4,6-9H,2,5H2,1H3. The van der Waals surface area contributed by atoms with Gasteiger partial charge in [0.25, 0.3) is 0 Å². The van der Waals surface area contributed by atoms with E-state index in [9.17, 15) is 4.79 Å². The van der Waals surface area contributed by atoms with E-state index in [4.69, 9.17) is 4.42 Å². The zero-order valence-corrected chi connectivity index (χ0v) is 11.0. The van der Waals surface area contributed by atoms with Crippen molar-refractivity contribution in [3.05, 3.63) is 42.7 Å². The SMILES string of the molecule is CC(=O)CCc1nccc(-c2ccc3ncoc3c2)n1. The van der Waals surface area contributed by atoms with Crippen LogP contribution in [0.25, 0.3) is 22.4 Å². The molecule has 0 atom stereocenters. The smallest absolute Gasteiger partial charge is 0.181 e. The molecule has 20 heavy (non-hydrogen) atoms. The van der Waals surface area contributed by atoms with Crippen molar-refractivity contribution in [2.75, 3.05) is 0 Å². The van der Waals surface area contributed by atoms with E-state index in [0.29, 0.717) is 18.7 Å². The van der Waals surface area contributed by atoms with Crippen molar-refractivity contribution in [3.63, 3.8) is 0 Å². The zero-order valence-electron chi connectivity index (χ0n) is 11.0. The summed E-state index contributed by atoms with van der Waals surface area (Å²) >= 11 is 0. The predicted octanol–water partition coefficient (Wildman–Crippen LogP) is 2.81. The quantitative estimate of drug-likeness (QED) is 0.727. The van der Waals surface area contributed by atoms with Crippen LogP contribution in [0.2, 0.25) is 0 Å². The number of benzene rings is 1. The number of ketones is 1. The van der Waals surface area contributed by atoms with E-state index in [1.807, 2.05) is 24.3 Å². The molecule has 0 bridgehead atoms. The molecule has 5 heteroatoms. The van der Waals surface area contributed by atoms with Crippen LogP contribution in [0.15, 0.2) is 41.3 Å². The van der Waals surface area contributed by atoms with Crippen LogP contribution < -0.4 is 0 Å². The van der Waals surface area contributed by atoms with Crippen molar-refractivity contribution >= 4 is 16.9 Å². The van der Waals surface area contributed by atoms with Crippen molar-refractivity contribution in [3.8, 4) is 11.3 Å². The van der Waals surface area contributed by atoms with Crippen molar-refractivity contribution in [1.29, 1.82) is 0 Å². The second kappa shape index (κ2) is 5.21. The van der Waals surface area contributed by atoms with Gasteiger partial charge >= 0.3 is 0 Å². The lowest BCUT2D eigenvalue weighted by Crippen LogP contribution is -2.00. The first-order chi connectivity index (χ1) is 9.72. The highest BCUT2D eigenvalue weighted by atomic mass is 16.3. The van der Waals surface area contributed by atoms with Gasteiger partial charge in [0.2, 0.25) is 0 Å². The molecule has 1 aromatic carbocycles. The number of rotatable bonds is 4. The Morgan fingerprint density at radius 1 is 1.25 bits per heavy atom. The molecule has 0 saturated heterocycles. The summed E-state index contributed by atoms with van der Waals surface area (Å²) < 4.78 is 5.29. The Bertz CT molecular complexity index is 764. The third-order valence-corrected chi connectivity index (χ3v) is 3.03. The Kier molecular flexibility index (Phi) is 3.25. The van der Waals surface area contributed by atoms with Gasteiger partial charge in [0.1, 0.15) is 17.1 Å². The molecule has 3 aromatic rings. The molecule has 100 valence electrons. The second-order valence-electron chi connectivity index (χ2n) is 4.59. The number of Topliss-reactive ketones (excluding diaryl/α,β-unsaturated/α-hetero) is 1. The molecule has 0 radical (unpaired) electrons. The fourth-order valence-corrected chi connectivity index (χ4v) is 1.98. The highest BCUT2D eigenvalue weighted by Gasteiger charge is 2.06. The maximum Gasteiger partial charge on any atom is 0.181 e. The molecule has 0 fully saturated rings. The van der Waals surface area contributed by atoms with E-state index in [1.54, 1.807) is 13.1 Å². The number of nitrogens with zero attached hydrogens (tertiary/aromatic N) is 3. The summed E-state index contributed by atoms with van der Waals surface area (Å²) in [6.45, 7) is 1.57. The van der Waals surface area contributed by atoms with Gasteiger partial charge in [0.15, 0.2) is 12.0 Å². The summed E-state index contributed by atoms with van der Waals surface area (Å²) in [5.74, 6) is 0.817. The van der Waals surface area contributed by atoms with E-state index in [2.05, 4.69) is 15.0 Å². The van der Waals surface area contributed by atoms with Gasteiger partial charge in [-0.2, -0.15) is 0 Å². The van der Waals surface area contributed by atoms with Crippen LogP contribution in [-0.4, -0.2) is 20.7 Å². The Hall–Kier alpha value is -2.56. The van der Waals surface area contributed by atoms with Gasteiger partial charge in [-0.15, -0.1) is 0 Å². The van der Waals surface area contributed by atoms with Crippen LogP contribution in [0.1, 0.15) is 19.2 Å². The lowest BCUT2D eigenvalue weighted by Gasteiger charge is -2.03. The predicted molar refractivity (Wildman–Crippen MR) is 74.0 cm³/mol. The topological polar surface area (TPSA) is 68.9 Å². The monoisotopic (exact) mass is 267 g/mol. The number of aromatic nitrogens is 3. The normalized spacial score (nSPS) is 10.8. The number of hydrogen-bond donors (Lipinski definition) is 0. The highest BCUT2D eigenvalue weighted by molar-refractivity contribution is 5.79. The third-order valence-electron chi connectivity index (χ3n) is 3.03. The highest BCUT2D eigenvalue weighted by Crippen LogP contribution is 2.22. The zero-order chi connectivity index (χ0) is 13.9. The van der Waals surface area contributed by atoms with Crippen LogP contribution >= 0.6 is 0 Å². The molecular formula is C15H13N3O2. The average molecular weight is 267 g/mol. The maximum atomic E-state index is 11.0. The van der Waals surface area contributed by atoms with Crippen molar-refractivity contribution in [2.24, 2.45) is 0 Å². The van der Waals surface area contributed by atoms with E-state index >= 15 is 0 Å². The number of carbonyl (C=O) groups is 1. The molecule has 0 aliphatic heterocycles. The summed E-state index contributed by atoms with van der Waals surface area (Å²) in [5.41, 5.74) is 3.31. The first kappa shape index (κ1) is 12.5. The minimum atomic E-state index is 0.141. The van der Waals surface area contributed by atoms with Crippen LogP contribution in [0, 0.1) is 0 Å². The number of aryl methyl sites for hydroxylation is 1. The first-order valence-corrected chi connectivity index (χ1v) is 6.37. The summed E-state index contributed by atoms with van der Waals surface area (Å²) in [7, 11) is 0.